The highest BCUT2D eigenvalue weighted by Gasteiger charge is 2.14. The number of carbonyl (C=O) groups excluding carboxylic acids is 1. The van der Waals surface area contributed by atoms with Crippen molar-refractivity contribution >= 4 is 45.7 Å². The van der Waals surface area contributed by atoms with Crippen molar-refractivity contribution in [1.82, 2.24) is 4.98 Å². The van der Waals surface area contributed by atoms with E-state index in [0.717, 1.165) is 0 Å². The Morgan fingerprint density at radius 2 is 1.74 bits per heavy atom. The lowest BCUT2D eigenvalue weighted by atomic mass is 10.2. The molecule has 0 saturated carbocycles. The minimum atomic E-state index is -0.785. The zero-order chi connectivity index (χ0) is 16.6. The number of hydrogen-bond donors (Lipinski definition) is 3. The van der Waals surface area contributed by atoms with Gasteiger partial charge in [0.1, 0.15) is 5.75 Å². The average Bonchev–Trinajstić information content (AvgIpc) is 2.81. The summed E-state index contributed by atoms with van der Waals surface area (Å²) in [5.41, 5.74) is 0.581. The number of phenols is 1. The molecule has 0 bridgehead atoms. The van der Waals surface area contributed by atoms with Gasteiger partial charge in [0, 0.05) is 15.4 Å². The van der Waals surface area contributed by atoms with E-state index in [1.54, 1.807) is 18.2 Å². The van der Waals surface area contributed by atoms with Crippen LogP contribution < -0.4 is 0 Å². The molecule has 1 heterocycles. The normalized spacial score (nSPS) is 11.4. The molecule has 3 rings (SSSR count). The van der Waals surface area contributed by atoms with Crippen LogP contribution in [0.2, 0.25) is 10.0 Å². The molecule has 0 fully saturated rings. The van der Waals surface area contributed by atoms with Crippen molar-refractivity contribution in [3.63, 3.8) is 0 Å². The number of benzene rings is 2. The summed E-state index contributed by atoms with van der Waals surface area (Å²) in [6.45, 7) is 0. The molecule has 0 saturated heterocycles. The lowest BCUT2D eigenvalue weighted by molar-refractivity contribution is 0.0992. The number of hydrogen-bond acceptors (Lipinski definition) is 4. The second kappa shape index (κ2) is 5.91. The first-order chi connectivity index (χ1) is 11.0. The van der Waals surface area contributed by atoms with Crippen molar-refractivity contribution < 1.29 is 15.0 Å². The number of phenolic OH excluding ortho intramolecular Hbond substituents is 1. The Labute approximate surface area is 140 Å². The van der Waals surface area contributed by atoms with Crippen LogP contribution in [0.1, 0.15) is 10.4 Å². The van der Waals surface area contributed by atoms with Gasteiger partial charge in [-0.05, 0) is 36.4 Å². The number of aromatic hydroxyl groups is 2. The van der Waals surface area contributed by atoms with Crippen molar-refractivity contribution in [3.05, 3.63) is 52.0 Å². The number of fused-ring (bicyclic) bond motifs is 1. The standard InChI is InChI=1S/C15H9Cl2N3O3/c16-7-2-4-12(21)10(5-7)14(22)20-19-13-9-3-1-8(17)6-11(9)18-15(13)23/h1-6,18,21,23H. The van der Waals surface area contributed by atoms with Gasteiger partial charge in [-0.15, -0.1) is 10.2 Å². The summed E-state index contributed by atoms with van der Waals surface area (Å²) in [5.74, 6) is -1.28. The third-order valence-corrected chi connectivity index (χ3v) is 3.61. The molecule has 0 atom stereocenters. The fraction of sp³-hybridized carbons (Fsp3) is 0. The van der Waals surface area contributed by atoms with Crippen molar-refractivity contribution in [3.8, 4) is 11.6 Å². The van der Waals surface area contributed by atoms with Gasteiger partial charge in [0.25, 0.3) is 5.91 Å². The fourth-order valence-corrected chi connectivity index (χ4v) is 2.41. The summed E-state index contributed by atoms with van der Waals surface area (Å²) < 4.78 is 0. The van der Waals surface area contributed by atoms with Crippen LogP contribution in [-0.2, 0) is 0 Å². The van der Waals surface area contributed by atoms with E-state index >= 15 is 0 Å². The highest BCUT2D eigenvalue weighted by atomic mass is 35.5. The van der Waals surface area contributed by atoms with Crippen LogP contribution in [0, 0.1) is 0 Å². The summed E-state index contributed by atoms with van der Waals surface area (Å²) in [5, 5.41) is 28.2. The van der Waals surface area contributed by atoms with Crippen LogP contribution in [0.5, 0.6) is 11.6 Å². The molecule has 116 valence electrons. The molecule has 0 aliphatic heterocycles. The highest BCUT2D eigenvalue weighted by Crippen LogP contribution is 2.36. The van der Waals surface area contributed by atoms with Crippen LogP contribution in [0.25, 0.3) is 10.9 Å². The first-order valence-corrected chi connectivity index (χ1v) is 7.16. The lowest BCUT2D eigenvalue weighted by Crippen LogP contribution is -1.94. The molecule has 6 nitrogen and oxygen atoms in total. The Balaban J connectivity index is 1.98. The van der Waals surface area contributed by atoms with E-state index in [9.17, 15) is 15.0 Å². The quantitative estimate of drug-likeness (QED) is 0.579. The number of azo groups is 1. The Hall–Kier alpha value is -2.57. The maximum Gasteiger partial charge on any atom is 0.299 e. The molecule has 0 aliphatic carbocycles. The molecule has 0 unspecified atom stereocenters. The third-order valence-electron chi connectivity index (χ3n) is 3.14. The number of aromatic amines is 1. The molecule has 0 spiro atoms. The summed E-state index contributed by atoms with van der Waals surface area (Å²) in [7, 11) is 0. The number of rotatable bonds is 2. The van der Waals surface area contributed by atoms with Crippen molar-refractivity contribution in [1.29, 1.82) is 0 Å². The number of halogens is 2. The van der Waals surface area contributed by atoms with Gasteiger partial charge < -0.3 is 15.2 Å². The lowest BCUT2D eigenvalue weighted by Gasteiger charge is -1.99. The average molecular weight is 350 g/mol. The van der Waals surface area contributed by atoms with Gasteiger partial charge in [0.05, 0.1) is 11.1 Å². The predicted octanol–water partition coefficient (Wildman–Crippen LogP) is 4.81. The van der Waals surface area contributed by atoms with Gasteiger partial charge in [-0.2, -0.15) is 0 Å². The van der Waals surface area contributed by atoms with Crippen molar-refractivity contribution in [2.24, 2.45) is 10.2 Å². The maximum atomic E-state index is 12.0. The van der Waals surface area contributed by atoms with E-state index in [-0.39, 0.29) is 27.9 Å². The third kappa shape index (κ3) is 2.99. The SMILES string of the molecule is O=C(N=Nc1c(O)[nH]c2cc(Cl)ccc12)c1cc(Cl)ccc1O. The van der Waals surface area contributed by atoms with Gasteiger partial charge in [0.15, 0.2) is 5.69 Å². The maximum absolute atomic E-state index is 12.0. The van der Waals surface area contributed by atoms with Gasteiger partial charge >= 0.3 is 0 Å². The van der Waals surface area contributed by atoms with Gasteiger partial charge in [-0.3, -0.25) is 4.79 Å². The van der Waals surface area contributed by atoms with Crippen molar-refractivity contribution in [2.75, 3.05) is 0 Å². The summed E-state index contributed by atoms with van der Waals surface area (Å²) in [6, 6.07) is 8.90. The van der Waals surface area contributed by atoms with E-state index < -0.39 is 5.91 Å². The Kier molecular flexibility index (Phi) is 3.94. The van der Waals surface area contributed by atoms with Crippen LogP contribution in [0.15, 0.2) is 46.6 Å². The molecule has 0 aliphatic rings. The Bertz CT molecular complexity index is 951. The molecular formula is C15H9Cl2N3O3. The summed E-state index contributed by atoms with van der Waals surface area (Å²) in [6.07, 6.45) is 0. The van der Waals surface area contributed by atoms with E-state index in [2.05, 4.69) is 15.2 Å². The van der Waals surface area contributed by atoms with Crippen molar-refractivity contribution in [2.45, 2.75) is 0 Å². The van der Waals surface area contributed by atoms with Crippen LogP contribution >= 0.6 is 23.2 Å². The summed E-state index contributed by atoms with van der Waals surface area (Å²) in [4.78, 5) is 14.7. The van der Waals surface area contributed by atoms with E-state index in [1.165, 1.54) is 18.2 Å². The van der Waals surface area contributed by atoms with Gasteiger partial charge in [0.2, 0.25) is 5.88 Å². The monoisotopic (exact) mass is 349 g/mol. The fourth-order valence-electron chi connectivity index (χ4n) is 2.07. The molecule has 3 N–H and O–H groups in total. The Morgan fingerprint density at radius 1 is 1.04 bits per heavy atom. The molecule has 3 aromatic rings. The topological polar surface area (TPSA) is 98.0 Å². The van der Waals surface area contributed by atoms with Crippen LogP contribution in [-0.4, -0.2) is 21.1 Å². The van der Waals surface area contributed by atoms with Crippen LogP contribution in [0.4, 0.5) is 5.69 Å². The minimum absolute atomic E-state index is 0.0800. The predicted molar refractivity (Wildman–Crippen MR) is 86.9 cm³/mol. The molecule has 8 heteroatoms. The van der Waals surface area contributed by atoms with E-state index in [4.69, 9.17) is 23.2 Å². The molecule has 23 heavy (non-hydrogen) atoms. The second-order valence-corrected chi connectivity index (χ2v) is 5.55. The van der Waals surface area contributed by atoms with Gasteiger partial charge in [-0.25, -0.2) is 0 Å². The van der Waals surface area contributed by atoms with Gasteiger partial charge in [-0.1, -0.05) is 23.2 Å². The smallest absolute Gasteiger partial charge is 0.299 e. The summed E-state index contributed by atoms with van der Waals surface area (Å²) >= 11 is 11.7. The first-order valence-electron chi connectivity index (χ1n) is 6.40. The second-order valence-electron chi connectivity index (χ2n) is 4.68. The first kappa shape index (κ1) is 15.3. The largest absolute Gasteiger partial charge is 0.507 e. The van der Waals surface area contributed by atoms with E-state index in [1.807, 2.05) is 0 Å². The number of aromatic nitrogens is 1. The molecule has 2 aromatic carbocycles. The molecule has 1 aromatic heterocycles. The molecular weight excluding hydrogens is 341 g/mol. The number of nitrogens with zero attached hydrogens (tertiary/aromatic N) is 2. The van der Waals surface area contributed by atoms with E-state index in [0.29, 0.717) is 15.9 Å². The zero-order valence-electron chi connectivity index (χ0n) is 11.4. The minimum Gasteiger partial charge on any atom is -0.507 e. The number of amides is 1. The zero-order valence-corrected chi connectivity index (χ0v) is 12.9. The van der Waals surface area contributed by atoms with Crippen LogP contribution in [0.3, 0.4) is 0 Å². The number of carbonyl (C=O) groups is 1. The molecule has 0 radical (unpaired) electrons. The highest BCUT2D eigenvalue weighted by molar-refractivity contribution is 6.31. The molecule has 1 amide bonds. The number of nitrogens with one attached hydrogen (secondary N) is 1. The Morgan fingerprint density at radius 3 is 2.52 bits per heavy atom. The number of H-pyrrole nitrogens is 1.